The van der Waals surface area contributed by atoms with Crippen LogP contribution in [0.2, 0.25) is 0 Å². The first-order chi connectivity index (χ1) is 10.5. The van der Waals surface area contributed by atoms with Gasteiger partial charge < -0.3 is 0 Å². The monoisotopic (exact) mass is 314 g/mol. The predicted octanol–water partition coefficient (Wildman–Crippen LogP) is 3.70. The molecule has 0 amide bonds. The van der Waals surface area contributed by atoms with E-state index in [0.29, 0.717) is 11.3 Å². The van der Waals surface area contributed by atoms with E-state index in [1.54, 1.807) is 24.3 Å². The van der Waals surface area contributed by atoms with Gasteiger partial charge in [0.2, 0.25) is 0 Å². The van der Waals surface area contributed by atoms with Crippen molar-refractivity contribution in [3.8, 4) is 6.07 Å². The summed E-state index contributed by atoms with van der Waals surface area (Å²) >= 11 is 0. The molecule has 2 rings (SSSR count). The Morgan fingerprint density at radius 2 is 1.86 bits per heavy atom. The molecule has 4 nitrogen and oxygen atoms in total. The van der Waals surface area contributed by atoms with Crippen LogP contribution in [0, 0.1) is 11.3 Å². The van der Waals surface area contributed by atoms with Crippen LogP contribution in [0.1, 0.15) is 30.9 Å². The van der Waals surface area contributed by atoms with Gasteiger partial charge in [0.05, 0.1) is 16.5 Å². The molecule has 0 heterocycles. The minimum atomic E-state index is -3.68. The zero-order chi connectivity index (χ0) is 16.0. The normalized spacial score (nSPS) is 10.9. The highest BCUT2D eigenvalue weighted by molar-refractivity contribution is 7.92. The highest BCUT2D eigenvalue weighted by atomic mass is 32.2. The van der Waals surface area contributed by atoms with Crippen LogP contribution in [-0.4, -0.2) is 8.42 Å². The fourth-order valence-corrected chi connectivity index (χ4v) is 3.17. The molecule has 0 unspecified atom stereocenters. The summed E-state index contributed by atoms with van der Waals surface area (Å²) in [6, 6.07) is 15.3. The number of hydrogen-bond acceptors (Lipinski definition) is 3. The number of nitrogens with one attached hydrogen (secondary N) is 1. The molecule has 0 aliphatic carbocycles. The Balaban J connectivity index is 2.16. The second kappa shape index (κ2) is 7.10. The summed E-state index contributed by atoms with van der Waals surface area (Å²) in [5.74, 6) is 0. The Morgan fingerprint density at radius 1 is 1.14 bits per heavy atom. The van der Waals surface area contributed by atoms with Crippen molar-refractivity contribution in [1.82, 2.24) is 0 Å². The Morgan fingerprint density at radius 3 is 2.50 bits per heavy atom. The van der Waals surface area contributed by atoms with Crippen LogP contribution in [0.15, 0.2) is 53.4 Å². The number of rotatable bonds is 6. The Labute approximate surface area is 131 Å². The number of sulfonamides is 1. The predicted molar refractivity (Wildman–Crippen MR) is 87.0 cm³/mol. The molecule has 0 spiro atoms. The Hall–Kier alpha value is -2.32. The summed E-state index contributed by atoms with van der Waals surface area (Å²) in [5, 5.41) is 8.85. The lowest BCUT2D eigenvalue weighted by atomic mass is 10.1. The van der Waals surface area contributed by atoms with Crippen LogP contribution >= 0.6 is 0 Å². The molecule has 0 atom stereocenters. The largest absolute Gasteiger partial charge is 0.280 e. The van der Waals surface area contributed by atoms with Gasteiger partial charge in [-0.1, -0.05) is 31.5 Å². The first-order valence-electron chi connectivity index (χ1n) is 7.17. The van der Waals surface area contributed by atoms with Gasteiger partial charge in [-0.2, -0.15) is 5.26 Å². The zero-order valence-electron chi connectivity index (χ0n) is 12.4. The van der Waals surface area contributed by atoms with Crippen LogP contribution in [0.5, 0.6) is 0 Å². The molecular weight excluding hydrogens is 296 g/mol. The minimum absolute atomic E-state index is 0.0848. The summed E-state index contributed by atoms with van der Waals surface area (Å²) in [6.07, 6.45) is 3.24. The summed E-state index contributed by atoms with van der Waals surface area (Å²) in [6.45, 7) is 2.14. The smallest absolute Gasteiger partial charge is 0.261 e. The molecule has 0 saturated carbocycles. The van der Waals surface area contributed by atoms with Gasteiger partial charge in [-0.3, -0.25) is 4.72 Å². The highest BCUT2D eigenvalue weighted by Crippen LogP contribution is 2.18. The zero-order valence-corrected chi connectivity index (χ0v) is 13.2. The van der Waals surface area contributed by atoms with Crippen molar-refractivity contribution in [1.29, 1.82) is 5.26 Å². The van der Waals surface area contributed by atoms with E-state index in [-0.39, 0.29) is 4.90 Å². The van der Waals surface area contributed by atoms with Gasteiger partial charge in [-0.15, -0.1) is 0 Å². The van der Waals surface area contributed by atoms with Crippen molar-refractivity contribution >= 4 is 15.7 Å². The number of unbranched alkanes of at least 4 members (excludes halogenated alkanes) is 1. The standard InChI is InChI=1S/C17H18N2O2S/c1-2-3-5-14-8-10-16(11-9-14)19-22(20,21)17-7-4-6-15(12-17)13-18/h4,6-12,19H,2-3,5H2,1H3. The maximum atomic E-state index is 12.3. The van der Waals surface area contributed by atoms with Crippen molar-refractivity contribution in [3.05, 3.63) is 59.7 Å². The van der Waals surface area contributed by atoms with Crippen LogP contribution < -0.4 is 4.72 Å². The molecular formula is C17H18N2O2S. The van der Waals surface area contributed by atoms with Crippen LogP contribution in [-0.2, 0) is 16.4 Å². The maximum absolute atomic E-state index is 12.3. The van der Waals surface area contributed by atoms with Crippen molar-refractivity contribution in [3.63, 3.8) is 0 Å². The number of nitriles is 1. The summed E-state index contributed by atoms with van der Waals surface area (Å²) in [5.41, 5.74) is 2.02. The molecule has 0 aromatic heterocycles. The summed E-state index contributed by atoms with van der Waals surface area (Å²) in [7, 11) is -3.68. The Bertz CT molecular complexity index is 775. The molecule has 0 aliphatic rings. The highest BCUT2D eigenvalue weighted by Gasteiger charge is 2.14. The van der Waals surface area contributed by atoms with Crippen molar-refractivity contribution < 1.29 is 8.42 Å². The average Bonchev–Trinajstić information content (AvgIpc) is 2.54. The van der Waals surface area contributed by atoms with Crippen LogP contribution in [0.4, 0.5) is 5.69 Å². The van der Waals surface area contributed by atoms with Crippen LogP contribution in [0.3, 0.4) is 0 Å². The first-order valence-corrected chi connectivity index (χ1v) is 8.65. The Kier molecular flexibility index (Phi) is 5.18. The lowest BCUT2D eigenvalue weighted by Crippen LogP contribution is -2.13. The molecule has 0 aliphatic heterocycles. The fourth-order valence-electron chi connectivity index (χ4n) is 2.07. The van der Waals surface area contributed by atoms with Gasteiger partial charge in [0.1, 0.15) is 0 Å². The van der Waals surface area contributed by atoms with E-state index < -0.39 is 10.0 Å². The molecule has 114 valence electrons. The van der Waals surface area contributed by atoms with E-state index in [1.807, 2.05) is 18.2 Å². The van der Waals surface area contributed by atoms with Gasteiger partial charge >= 0.3 is 0 Å². The maximum Gasteiger partial charge on any atom is 0.261 e. The van der Waals surface area contributed by atoms with E-state index in [9.17, 15) is 8.42 Å². The average molecular weight is 314 g/mol. The van der Waals surface area contributed by atoms with Crippen molar-refractivity contribution in [2.75, 3.05) is 4.72 Å². The summed E-state index contributed by atoms with van der Waals surface area (Å²) < 4.78 is 27.1. The topological polar surface area (TPSA) is 70.0 Å². The van der Waals surface area contributed by atoms with Gasteiger partial charge in [0, 0.05) is 5.69 Å². The van der Waals surface area contributed by atoms with Crippen molar-refractivity contribution in [2.45, 2.75) is 31.1 Å². The molecule has 0 radical (unpaired) electrons. The molecule has 2 aromatic rings. The molecule has 0 fully saturated rings. The third kappa shape index (κ3) is 4.09. The third-order valence-corrected chi connectivity index (χ3v) is 4.68. The lowest BCUT2D eigenvalue weighted by Gasteiger charge is -2.09. The fraction of sp³-hybridized carbons (Fsp3) is 0.235. The molecule has 1 N–H and O–H groups in total. The van der Waals surface area contributed by atoms with E-state index in [0.717, 1.165) is 19.3 Å². The van der Waals surface area contributed by atoms with Gasteiger partial charge in [0.25, 0.3) is 10.0 Å². The number of nitrogens with zero attached hydrogens (tertiary/aromatic N) is 1. The number of aryl methyl sites for hydroxylation is 1. The molecule has 22 heavy (non-hydrogen) atoms. The number of anilines is 1. The molecule has 0 bridgehead atoms. The van der Waals surface area contributed by atoms with Gasteiger partial charge in [-0.05, 0) is 48.7 Å². The van der Waals surface area contributed by atoms with Gasteiger partial charge in [-0.25, -0.2) is 8.42 Å². The van der Waals surface area contributed by atoms with E-state index in [2.05, 4.69) is 11.6 Å². The van der Waals surface area contributed by atoms with E-state index in [4.69, 9.17) is 5.26 Å². The first kappa shape index (κ1) is 16.1. The second-order valence-corrected chi connectivity index (χ2v) is 6.73. The van der Waals surface area contributed by atoms with E-state index >= 15 is 0 Å². The quantitative estimate of drug-likeness (QED) is 0.883. The molecule has 0 saturated heterocycles. The molecule has 2 aromatic carbocycles. The van der Waals surface area contributed by atoms with E-state index in [1.165, 1.54) is 17.7 Å². The molecule has 5 heteroatoms. The minimum Gasteiger partial charge on any atom is -0.280 e. The summed E-state index contributed by atoms with van der Waals surface area (Å²) in [4.78, 5) is 0.0848. The SMILES string of the molecule is CCCCc1ccc(NS(=O)(=O)c2cccc(C#N)c2)cc1. The third-order valence-electron chi connectivity index (χ3n) is 3.30. The number of benzene rings is 2. The number of hydrogen-bond donors (Lipinski definition) is 1. The lowest BCUT2D eigenvalue weighted by molar-refractivity contribution is 0.601. The van der Waals surface area contributed by atoms with Gasteiger partial charge in [0.15, 0.2) is 0 Å². The van der Waals surface area contributed by atoms with Crippen LogP contribution in [0.25, 0.3) is 0 Å². The second-order valence-electron chi connectivity index (χ2n) is 5.05. The van der Waals surface area contributed by atoms with Crippen molar-refractivity contribution in [2.24, 2.45) is 0 Å².